The maximum absolute atomic E-state index is 6.76. The van der Waals surface area contributed by atoms with Gasteiger partial charge in [-0.25, -0.2) is 11.3 Å². The molecule has 0 saturated heterocycles. The Morgan fingerprint density at radius 2 is 1.75 bits per heavy atom. The maximum atomic E-state index is 6.76. The number of ether oxygens (including phenoxy) is 1. The number of hydrogen-bond donors (Lipinski definition) is 0. The minimum Gasteiger partial charge on any atom is -1.00 e. The fourth-order valence-electron chi connectivity index (χ4n) is 3.55. The van der Waals surface area contributed by atoms with E-state index in [1.54, 1.807) is 0 Å². The van der Waals surface area contributed by atoms with Gasteiger partial charge in [-0.15, -0.1) is 6.42 Å². The Hall–Kier alpha value is 0.431. The van der Waals surface area contributed by atoms with E-state index >= 15 is 0 Å². The molecule has 2 rings (SSSR count). The van der Waals surface area contributed by atoms with Crippen molar-refractivity contribution in [1.82, 2.24) is 0 Å². The molecule has 1 radical (unpaired) electrons. The van der Waals surface area contributed by atoms with Gasteiger partial charge in [0, 0.05) is 0 Å². The predicted octanol–water partition coefficient (Wildman–Crippen LogP) is -0.682. The van der Waals surface area contributed by atoms with Crippen molar-refractivity contribution in [2.45, 2.75) is 71.4 Å². The molecule has 0 aromatic carbocycles. The first-order valence-corrected chi connectivity index (χ1v) is 10.9. The average molecular weight is 420 g/mol. The number of hydrogen-bond acceptors (Lipinski definition) is 1. The van der Waals surface area contributed by atoms with Crippen LogP contribution in [0.25, 0.3) is 0 Å². The molecule has 133 valence electrons. The summed E-state index contributed by atoms with van der Waals surface area (Å²) in [5, 5.41) is 1.24. The van der Waals surface area contributed by atoms with Crippen molar-refractivity contribution in [3.05, 3.63) is 46.7 Å². The Bertz CT molecular complexity index is 556. The summed E-state index contributed by atoms with van der Waals surface area (Å²) in [6, 6.07) is 0. The molecule has 1 atom stereocenters. The van der Waals surface area contributed by atoms with Gasteiger partial charge in [-0.2, -0.15) is 6.08 Å². The SMILES string of the molecule is CC1=CCC(OC(C)(C)C)([Si](C)(C)C2=[C-]CC=C2)C(C)=C1.[Cl-].[Cl-].[Ti+3]. The Morgan fingerprint density at radius 3 is 2.17 bits per heavy atom. The third kappa shape index (κ3) is 5.22. The van der Waals surface area contributed by atoms with E-state index in [-0.39, 0.29) is 57.4 Å². The van der Waals surface area contributed by atoms with E-state index in [0.29, 0.717) is 0 Å². The van der Waals surface area contributed by atoms with E-state index in [1.807, 2.05) is 0 Å². The summed E-state index contributed by atoms with van der Waals surface area (Å²) < 4.78 is 6.76. The van der Waals surface area contributed by atoms with Gasteiger partial charge in [-0.3, -0.25) is 6.08 Å². The maximum Gasteiger partial charge on any atom is 3.00 e. The molecular weight excluding hydrogens is 391 g/mol. The number of halogens is 2. The van der Waals surface area contributed by atoms with Crippen molar-refractivity contribution >= 4 is 8.07 Å². The van der Waals surface area contributed by atoms with Crippen LogP contribution in [0.2, 0.25) is 13.1 Å². The molecule has 0 aromatic heterocycles. The number of allylic oxidation sites excluding steroid dienone is 6. The summed E-state index contributed by atoms with van der Waals surface area (Å²) >= 11 is 0. The molecule has 0 saturated carbocycles. The zero-order valence-corrected chi connectivity index (χ0v) is 20.0. The Morgan fingerprint density at radius 1 is 1.17 bits per heavy atom. The quantitative estimate of drug-likeness (QED) is 0.435. The second-order valence-corrected chi connectivity index (χ2v) is 12.4. The van der Waals surface area contributed by atoms with Gasteiger partial charge < -0.3 is 29.6 Å². The summed E-state index contributed by atoms with van der Waals surface area (Å²) in [6.07, 6.45) is 14.7. The van der Waals surface area contributed by atoms with Crippen LogP contribution in [0.1, 0.15) is 47.5 Å². The predicted molar refractivity (Wildman–Crippen MR) is 93.7 cm³/mol. The number of rotatable bonds is 3. The van der Waals surface area contributed by atoms with Crippen molar-refractivity contribution in [1.29, 1.82) is 0 Å². The van der Waals surface area contributed by atoms with E-state index in [1.165, 1.54) is 16.3 Å². The monoisotopic (exact) mass is 419 g/mol. The summed E-state index contributed by atoms with van der Waals surface area (Å²) in [4.78, 5) is 0. The van der Waals surface area contributed by atoms with Gasteiger partial charge in [-0.05, 0) is 46.6 Å². The Kier molecular flexibility index (Phi) is 10.4. The van der Waals surface area contributed by atoms with E-state index < -0.39 is 8.07 Å². The van der Waals surface area contributed by atoms with Gasteiger partial charge in [0.2, 0.25) is 0 Å². The smallest absolute Gasteiger partial charge is 1.00 e. The first-order valence-electron chi connectivity index (χ1n) is 7.92. The summed E-state index contributed by atoms with van der Waals surface area (Å²) in [6.45, 7) is 15.8. The average Bonchev–Trinajstić information content (AvgIpc) is 2.85. The van der Waals surface area contributed by atoms with Gasteiger partial charge in [0.15, 0.2) is 0 Å². The summed E-state index contributed by atoms with van der Waals surface area (Å²) in [5.41, 5.74) is 2.58. The normalized spacial score (nSPS) is 23.2. The molecule has 1 nitrogen and oxygen atoms in total. The molecule has 0 heterocycles. The summed E-state index contributed by atoms with van der Waals surface area (Å²) in [7, 11) is -1.84. The van der Waals surface area contributed by atoms with Gasteiger partial charge in [-0.1, -0.05) is 30.8 Å². The third-order valence-corrected chi connectivity index (χ3v) is 9.06. The van der Waals surface area contributed by atoms with Crippen molar-refractivity contribution in [3.8, 4) is 0 Å². The molecule has 24 heavy (non-hydrogen) atoms. The molecule has 2 aliphatic rings. The second-order valence-electron chi connectivity index (χ2n) is 7.84. The molecule has 0 fully saturated rings. The van der Waals surface area contributed by atoms with Crippen LogP contribution < -0.4 is 24.8 Å². The topological polar surface area (TPSA) is 9.23 Å². The zero-order valence-electron chi connectivity index (χ0n) is 15.9. The molecular formula is C19H29Cl2OSiTi. The van der Waals surface area contributed by atoms with Crippen molar-refractivity contribution < 1.29 is 51.3 Å². The molecule has 0 bridgehead atoms. The van der Waals surface area contributed by atoms with Crippen LogP contribution in [0.15, 0.2) is 40.6 Å². The van der Waals surface area contributed by atoms with Crippen LogP contribution in [0.4, 0.5) is 0 Å². The van der Waals surface area contributed by atoms with Gasteiger partial charge in [0.05, 0.1) is 18.9 Å². The van der Waals surface area contributed by atoms with Crippen molar-refractivity contribution in [3.63, 3.8) is 0 Å². The van der Waals surface area contributed by atoms with E-state index in [0.717, 1.165) is 12.8 Å². The van der Waals surface area contributed by atoms with Crippen LogP contribution >= 0.6 is 0 Å². The minimum atomic E-state index is -1.84. The molecule has 0 spiro atoms. The van der Waals surface area contributed by atoms with Gasteiger partial charge >= 0.3 is 21.7 Å². The molecule has 0 amide bonds. The van der Waals surface area contributed by atoms with Crippen LogP contribution in [-0.2, 0) is 26.5 Å². The molecule has 2 aliphatic carbocycles. The molecule has 0 aromatic rings. The van der Waals surface area contributed by atoms with Crippen LogP contribution in [0.5, 0.6) is 0 Å². The molecule has 1 unspecified atom stereocenters. The molecule has 5 heteroatoms. The third-order valence-electron chi connectivity index (χ3n) is 4.65. The Labute approximate surface area is 176 Å². The first kappa shape index (κ1) is 26.7. The largest absolute Gasteiger partial charge is 3.00 e. The zero-order chi connectivity index (χ0) is 15.9. The van der Waals surface area contributed by atoms with E-state index in [2.05, 4.69) is 78.1 Å². The van der Waals surface area contributed by atoms with Crippen molar-refractivity contribution in [2.24, 2.45) is 0 Å². The molecule has 0 N–H and O–H groups in total. The van der Waals surface area contributed by atoms with E-state index in [4.69, 9.17) is 4.74 Å². The van der Waals surface area contributed by atoms with Gasteiger partial charge in [0.25, 0.3) is 0 Å². The van der Waals surface area contributed by atoms with Crippen molar-refractivity contribution in [2.75, 3.05) is 0 Å². The Balaban J connectivity index is 0. The molecule has 0 aliphatic heterocycles. The standard InChI is InChI=1S/C19H29OSi.2ClH.Ti/c1-15-12-13-19(16(2)14-15,20-18(3,4)5)21(6,7)17-10-8-9-11-17;;;/h8,10,12,14H,9,13H2,1-7H3;2*1H;/q-1;;;+3/p-2. The summed E-state index contributed by atoms with van der Waals surface area (Å²) in [5.74, 6) is 0. The fraction of sp³-hybridized carbons (Fsp3) is 0.579. The minimum absolute atomic E-state index is 0. The van der Waals surface area contributed by atoms with Crippen LogP contribution in [-0.4, -0.2) is 18.9 Å². The van der Waals surface area contributed by atoms with Crippen LogP contribution in [0.3, 0.4) is 0 Å². The fourth-order valence-corrected chi connectivity index (χ4v) is 7.30. The van der Waals surface area contributed by atoms with E-state index in [9.17, 15) is 0 Å². The van der Waals surface area contributed by atoms with Crippen LogP contribution in [0, 0.1) is 6.08 Å². The first-order chi connectivity index (χ1) is 9.58. The second kappa shape index (κ2) is 9.39. The van der Waals surface area contributed by atoms with Gasteiger partial charge in [0.1, 0.15) is 0 Å².